The Morgan fingerprint density at radius 3 is 1.70 bits per heavy atom. The number of sulfonamides is 2. The summed E-state index contributed by atoms with van der Waals surface area (Å²) in [6, 6.07) is 33.6. The molecule has 19 heteroatoms. The minimum absolute atomic E-state index is 0.0507. The highest BCUT2D eigenvalue weighted by Crippen LogP contribution is 2.31. The molecule has 0 aliphatic rings. The number of nitrogens with two attached hydrogens (primary N) is 1. The number of nitrogen functional groups attached to an aromatic ring is 1. The van der Waals surface area contributed by atoms with Crippen molar-refractivity contribution in [1.29, 1.82) is 0 Å². The van der Waals surface area contributed by atoms with E-state index >= 15 is 0 Å². The van der Waals surface area contributed by atoms with Crippen molar-refractivity contribution in [3.63, 3.8) is 0 Å². The van der Waals surface area contributed by atoms with Gasteiger partial charge in [-0.3, -0.25) is 0 Å². The third kappa shape index (κ3) is 9.27. The van der Waals surface area contributed by atoms with E-state index in [1.807, 2.05) is 36.4 Å². The molecule has 0 fully saturated rings. The van der Waals surface area contributed by atoms with Crippen molar-refractivity contribution in [2.24, 2.45) is 0 Å². The first-order valence-electron chi connectivity index (χ1n) is 20.0. The highest BCUT2D eigenvalue weighted by molar-refractivity contribution is 7.89. The molecule has 5 N–H and O–H groups in total. The molecule has 0 aliphatic carbocycles. The summed E-state index contributed by atoms with van der Waals surface area (Å²) in [5, 5.41) is 15.5. The van der Waals surface area contributed by atoms with E-state index in [1.165, 1.54) is 30.3 Å². The molecule has 8 rings (SSSR count). The van der Waals surface area contributed by atoms with Crippen LogP contribution in [0.3, 0.4) is 0 Å². The number of hydrogen-bond donors (Lipinski definition) is 4. The van der Waals surface area contributed by atoms with Gasteiger partial charge in [0.1, 0.15) is 0 Å². The summed E-state index contributed by atoms with van der Waals surface area (Å²) in [5.41, 5.74) is 9.49. The molecule has 328 valence electrons. The maximum absolute atomic E-state index is 14.4. The van der Waals surface area contributed by atoms with Gasteiger partial charge in [-0.2, -0.15) is 0 Å². The van der Waals surface area contributed by atoms with E-state index in [4.69, 9.17) is 10.6 Å². The van der Waals surface area contributed by atoms with E-state index in [0.29, 0.717) is 61.0 Å². The summed E-state index contributed by atoms with van der Waals surface area (Å²) in [6.45, 7) is 10.2. The molecule has 0 saturated heterocycles. The van der Waals surface area contributed by atoms with E-state index < -0.39 is 37.1 Å². The van der Waals surface area contributed by atoms with Gasteiger partial charge in [0.15, 0.2) is 0 Å². The van der Waals surface area contributed by atoms with E-state index in [9.17, 15) is 21.6 Å². The van der Waals surface area contributed by atoms with Gasteiger partial charge in [-0.15, -0.1) is 10.2 Å². The van der Waals surface area contributed by atoms with E-state index in [0.717, 1.165) is 0 Å². The number of aromatic nitrogens is 6. The largest absolute Gasteiger partial charge is 0.399 e. The van der Waals surface area contributed by atoms with Crippen LogP contribution < -0.4 is 21.1 Å². The topological polar surface area (TPSA) is 220 Å². The van der Waals surface area contributed by atoms with Gasteiger partial charge in [0.2, 0.25) is 21.9 Å². The lowest BCUT2D eigenvalue weighted by molar-refractivity contribution is -0.0904. The van der Waals surface area contributed by atoms with Crippen LogP contribution in [-0.4, -0.2) is 67.5 Å². The van der Waals surface area contributed by atoms with Crippen molar-refractivity contribution in [3.05, 3.63) is 139 Å². The number of benzene rings is 4. The molecule has 0 bridgehead atoms. The highest BCUT2D eigenvalue weighted by atomic mass is 32.2. The Labute approximate surface area is 370 Å². The Morgan fingerprint density at radius 1 is 0.641 bits per heavy atom. The van der Waals surface area contributed by atoms with Gasteiger partial charge in [-0.25, -0.2) is 45.4 Å². The van der Waals surface area contributed by atoms with Crippen molar-refractivity contribution in [3.8, 4) is 22.5 Å². The van der Waals surface area contributed by atoms with Gasteiger partial charge in [-0.05, 0) is 131 Å². The fraction of sp³-hybridized carbons (Fsp3) is 0.178. The monoisotopic (exact) mass is 899 g/mol. The van der Waals surface area contributed by atoms with Gasteiger partial charge in [0, 0.05) is 33.7 Å². The van der Waals surface area contributed by atoms with Crippen LogP contribution in [0, 0.1) is 0 Å². The Hall–Kier alpha value is -7.19. The summed E-state index contributed by atoms with van der Waals surface area (Å²) in [5.74, 6) is -0.452. The van der Waals surface area contributed by atoms with Crippen LogP contribution in [-0.2, 0) is 24.9 Å². The molecule has 4 aromatic heterocycles. The Balaban J connectivity index is 1.02. The van der Waals surface area contributed by atoms with Crippen molar-refractivity contribution in [1.82, 2.24) is 38.4 Å². The predicted molar refractivity (Wildman–Crippen MR) is 245 cm³/mol. The fourth-order valence-electron chi connectivity index (χ4n) is 6.82. The van der Waals surface area contributed by atoms with E-state index in [-0.39, 0.29) is 21.3 Å². The molecular formula is C45H45N11O6S2. The Bertz CT molecular complexity index is 3300. The van der Waals surface area contributed by atoms with Crippen molar-refractivity contribution >= 4 is 66.0 Å². The summed E-state index contributed by atoms with van der Waals surface area (Å²) >= 11 is 0. The number of nitrogens with zero attached hydrogens (tertiary/aromatic N) is 7. The van der Waals surface area contributed by atoms with Gasteiger partial charge in [0.25, 0.3) is 10.0 Å². The van der Waals surface area contributed by atoms with Crippen LogP contribution >= 0.6 is 0 Å². The number of fused-ring (bicyclic) bond motifs is 2. The third-order valence-electron chi connectivity index (χ3n) is 9.53. The molecule has 0 spiro atoms. The maximum Gasteiger partial charge on any atom is 0.358 e. The average molecular weight is 900 g/mol. The molecule has 0 saturated carbocycles. The van der Waals surface area contributed by atoms with Crippen LogP contribution in [0.1, 0.15) is 51.9 Å². The number of rotatable bonds is 12. The summed E-state index contributed by atoms with van der Waals surface area (Å²) < 4.78 is 61.7. The Morgan fingerprint density at radius 2 is 1.16 bits per heavy atom. The first-order chi connectivity index (χ1) is 30.2. The first kappa shape index (κ1) is 43.5. The maximum atomic E-state index is 14.4. The van der Waals surface area contributed by atoms with Crippen LogP contribution in [0.5, 0.6) is 0 Å². The SMILES string of the molecule is CC(C)(C)NS(=O)(=O)c1cccc(-c2ccc3cnc(Nc4cccc(C(=O)ON(C(C)(C)C)S(=O)(=O)c5cccc(-c6ccc7cnc(Nc8cccc(N)c8)nn67)c5)c4)nn23)c1. The third-order valence-corrected chi connectivity index (χ3v) is 13.2. The summed E-state index contributed by atoms with van der Waals surface area (Å²) in [7, 11) is -8.25. The number of hydroxylamine groups is 1. The van der Waals surface area contributed by atoms with Gasteiger partial charge >= 0.3 is 5.97 Å². The molecule has 0 unspecified atom stereocenters. The van der Waals surface area contributed by atoms with Crippen LogP contribution in [0.15, 0.2) is 144 Å². The van der Waals surface area contributed by atoms with Crippen LogP contribution in [0.25, 0.3) is 33.5 Å². The summed E-state index contributed by atoms with van der Waals surface area (Å²) in [6.07, 6.45) is 3.25. The second-order valence-electron chi connectivity index (χ2n) is 16.9. The minimum Gasteiger partial charge on any atom is -0.399 e. The number of nitrogens with one attached hydrogen (secondary N) is 3. The zero-order chi connectivity index (χ0) is 45.6. The van der Waals surface area contributed by atoms with Crippen molar-refractivity contribution in [2.75, 3.05) is 16.4 Å². The zero-order valence-corrected chi connectivity index (χ0v) is 37.3. The smallest absolute Gasteiger partial charge is 0.358 e. The van der Waals surface area contributed by atoms with Gasteiger partial charge in [0.05, 0.1) is 55.7 Å². The molecule has 0 atom stereocenters. The molecule has 8 aromatic rings. The second-order valence-corrected chi connectivity index (χ2v) is 20.4. The number of carbonyl (C=O) groups excluding carboxylic acids is 1. The fourth-order valence-corrected chi connectivity index (χ4v) is 9.89. The van der Waals surface area contributed by atoms with Crippen LogP contribution in [0.2, 0.25) is 0 Å². The molecule has 17 nitrogen and oxygen atoms in total. The number of hydrogen-bond acceptors (Lipinski definition) is 13. The van der Waals surface area contributed by atoms with Gasteiger partial charge in [-0.1, -0.05) is 36.4 Å². The quantitative estimate of drug-likeness (QED) is 0.0680. The standard InChI is InChI=1S/C45H45N11O6S2/c1-44(2,3)53-63(58,59)37-17-8-11-29(24-37)39-21-19-35-27-47-42(51-54(35)39)49-33-15-7-13-31(23-33)41(57)62-56(45(4,5)6)64(60,61)38-18-9-12-30(25-38)40-22-20-36-28-48-43(52-55(36)40)50-34-16-10-14-32(46)26-34/h7-28,53H,46H2,1-6H3,(H,49,51)(H,50,52). The summed E-state index contributed by atoms with van der Waals surface area (Å²) in [4.78, 5) is 28.4. The predicted octanol–water partition coefficient (Wildman–Crippen LogP) is 7.81. The number of carbonyl (C=O) groups is 1. The molecule has 0 amide bonds. The molecule has 0 aliphatic heterocycles. The lowest BCUT2D eigenvalue weighted by Crippen LogP contribution is -2.46. The second kappa shape index (κ2) is 16.5. The number of anilines is 5. The molecule has 64 heavy (non-hydrogen) atoms. The van der Waals surface area contributed by atoms with Gasteiger partial charge < -0.3 is 21.2 Å². The molecule has 4 aromatic carbocycles. The lowest BCUT2D eigenvalue weighted by atomic mass is 10.1. The van der Waals surface area contributed by atoms with E-state index in [1.54, 1.807) is 118 Å². The van der Waals surface area contributed by atoms with E-state index in [2.05, 4.69) is 35.5 Å². The van der Waals surface area contributed by atoms with Crippen LogP contribution in [0.4, 0.5) is 29.0 Å². The zero-order valence-electron chi connectivity index (χ0n) is 35.7. The highest BCUT2D eigenvalue weighted by Gasteiger charge is 2.39. The minimum atomic E-state index is -4.45. The normalized spacial score (nSPS) is 12.5. The average Bonchev–Trinajstić information content (AvgIpc) is 3.86. The Kier molecular flexibility index (Phi) is 11.2. The lowest BCUT2D eigenvalue weighted by Gasteiger charge is -2.32. The van der Waals surface area contributed by atoms with Crippen molar-refractivity contribution < 1.29 is 26.5 Å². The molecule has 4 heterocycles. The molecular weight excluding hydrogens is 855 g/mol. The first-order valence-corrected chi connectivity index (χ1v) is 22.9. The molecule has 0 radical (unpaired) electrons. The van der Waals surface area contributed by atoms with Crippen molar-refractivity contribution in [2.45, 2.75) is 62.4 Å².